The minimum atomic E-state index is -4.49. The van der Waals surface area contributed by atoms with E-state index in [9.17, 15) is 4.57 Å². The Bertz CT molecular complexity index is 725. The van der Waals surface area contributed by atoms with Crippen LogP contribution in [-0.4, -0.2) is 29.0 Å². The minimum absolute atomic E-state index is 0.192. The van der Waals surface area contributed by atoms with Crippen molar-refractivity contribution in [3.8, 4) is 5.75 Å². The van der Waals surface area contributed by atoms with Gasteiger partial charge in [0, 0.05) is 5.54 Å². The van der Waals surface area contributed by atoms with Crippen molar-refractivity contribution in [1.82, 2.24) is 0 Å². The standard InChI is InChI=1S/C16H22NO5P/c1-16(17,11-22-23(18,19)20)8-7-12-3-4-14-10-15(21-2)6-5-13(14)9-12/h3-6,9-10H,7-8,11,17H2,1-2H3,(H2,18,19,20)/t16-/m1/s1. The number of hydrogen-bond acceptors (Lipinski definition) is 4. The van der Waals surface area contributed by atoms with E-state index in [1.165, 1.54) is 0 Å². The molecule has 0 unspecified atom stereocenters. The average Bonchev–Trinajstić information content (AvgIpc) is 2.50. The molecule has 0 fully saturated rings. The first-order chi connectivity index (χ1) is 10.7. The van der Waals surface area contributed by atoms with Crippen molar-refractivity contribution >= 4 is 18.6 Å². The highest BCUT2D eigenvalue weighted by Gasteiger charge is 2.24. The van der Waals surface area contributed by atoms with Gasteiger partial charge in [-0.15, -0.1) is 0 Å². The van der Waals surface area contributed by atoms with Crippen LogP contribution in [0.15, 0.2) is 36.4 Å². The number of phosphoric ester groups is 1. The van der Waals surface area contributed by atoms with Gasteiger partial charge in [0.05, 0.1) is 13.7 Å². The van der Waals surface area contributed by atoms with Crippen LogP contribution in [0.3, 0.4) is 0 Å². The summed E-state index contributed by atoms with van der Waals surface area (Å²) in [5.41, 5.74) is 6.33. The first kappa shape index (κ1) is 17.9. The number of nitrogens with two attached hydrogens (primary N) is 1. The maximum Gasteiger partial charge on any atom is 0.469 e. The molecule has 0 amide bonds. The number of rotatable bonds is 7. The lowest BCUT2D eigenvalue weighted by Crippen LogP contribution is -2.41. The predicted octanol–water partition coefficient (Wildman–Crippen LogP) is 2.61. The molecule has 0 aliphatic rings. The molecule has 4 N–H and O–H groups in total. The molecule has 2 rings (SSSR count). The molecule has 6 nitrogen and oxygen atoms in total. The second-order valence-electron chi connectivity index (χ2n) is 5.97. The summed E-state index contributed by atoms with van der Waals surface area (Å²) in [6, 6.07) is 12.0. The molecule has 23 heavy (non-hydrogen) atoms. The van der Waals surface area contributed by atoms with Crippen molar-refractivity contribution < 1.29 is 23.6 Å². The van der Waals surface area contributed by atoms with Gasteiger partial charge in [-0.3, -0.25) is 4.52 Å². The Hall–Kier alpha value is -1.43. The zero-order valence-electron chi connectivity index (χ0n) is 13.2. The van der Waals surface area contributed by atoms with E-state index in [4.69, 9.17) is 20.3 Å². The Balaban J connectivity index is 2.02. The summed E-state index contributed by atoms with van der Waals surface area (Å²) in [4.78, 5) is 17.5. The van der Waals surface area contributed by atoms with Gasteiger partial charge < -0.3 is 20.3 Å². The zero-order chi connectivity index (χ0) is 17.1. The zero-order valence-corrected chi connectivity index (χ0v) is 14.1. The van der Waals surface area contributed by atoms with Gasteiger partial charge in [0.1, 0.15) is 5.75 Å². The van der Waals surface area contributed by atoms with Crippen LogP contribution in [0.5, 0.6) is 5.75 Å². The smallest absolute Gasteiger partial charge is 0.469 e. The van der Waals surface area contributed by atoms with Crippen molar-refractivity contribution in [1.29, 1.82) is 0 Å². The van der Waals surface area contributed by atoms with E-state index < -0.39 is 13.4 Å². The number of fused-ring (bicyclic) bond motifs is 1. The Morgan fingerprint density at radius 3 is 2.48 bits per heavy atom. The molecular formula is C16H22NO5P. The monoisotopic (exact) mass is 339 g/mol. The molecule has 0 aromatic heterocycles. The summed E-state index contributed by atoms with van der Waals surface area (Å²) in [6.45, 7) is 1.52. The molecule has 0 saturated carbocycles. The topological polar surface area (TPSA) is 102 Å². The number of methoxy groups -OCH3 is 1. The van der Waals surface area contributed by atoms with Crippen molar-refractivity contribution in [2.75, 3.05) is 13.7 Å². The fraction of sp³-hybridized carbons (Fsp3) is 0.375. The number of ether oxygens (including phenoxy) is 1. The normalized spacial score (nSPS) is 14.7. The highest BCUT2D eigenvalue weighted by Crippen LogP contribution is 2.36. The molecule has 0 aliphatic heterocycles. The Labute approximate surface area is 135 Å². The van der Waals surface area contributed by atoms with Crippen LogP contribution < -0.4 is 10.5 Å². The fourth-order valence-corrected chi connectivity index (χ4v) is 2.75. The highest BCUT2D eigenvalue weighted by atomic mass is 31.2. The van der Waals surface area contributed by atoms with Gasteiger partial charge in [-0.2, -0.15) is 0 Å². The van der Waals surface area contributed by atoms with E-state index >= 15 is 0 Å². The van der Waals surface area contributed by atoms with Crippen LogP contribution in [-0.2, 0) is 15.5 Å². The summed E-state index contributed by atoms with van der Waals surface area (Å²) in [6.07, 6.45) is 1.24. The van der Waals surface area contributed by atoms with Crippen molar-refractivity contribution in [3.05, 3.63) is 42.0 Å². The fourth-order valence-electron chi connectivity index (χ4n) is 2.29. The quantitative estimate of drug-likeness (QED) is 0.670. The molecule has 0 radical (unpaired) electrons. The molecule has 2 aromatic carbocycles. The van der Waals surface area contributed by atoms with Crippen molar-refractivity contribution in [3.63, 3.8) is 0 Å². The predicted molar refractivity (Wildman–Crippen MR) is 89.4 cm³/mol. The number of phosphoric acid groups is 1. The maximum atomic E-state index is 10.8. The number of hydrogen-bond donors (Lipinski definition) is 3. The first-order valence-corrected chi connectivity index (χ1v) is 8.77. The van der Waals surface area contributed by atoms with Gasteiger partial charge in [-0.1, -0.05) is 24.3 Å². The van der Waals surface area contributed by atoms with Gasteiger partial charge in [0.2, 0.25) is 0 Å². The highest BCUT2D eigenvalue weighted by molar-refractivity contribution is 7.46. The second kappa shape index (κ2) is 6.99. The molecule has 0 aliphatic carbocycles. The molecule has 126 valence electrons. The Kier molecular flexibility index (Phi) is 5.45. The van der Waals surface area contributed by atoms with Gasteiger partial charge >= 0.3 is 7.82 Å². The van der Waals surface area contributed by atoms with Crippen LogP contribution in [0.4, 0.5) is 0 Å². The summed E-state index contributed by atoms with van der Waals surface area (Å²) in [5.74, 6) is 0.814. The third-order valence-corrected chi connectivity index (χ3v) is 4.12. The van der Waals surface area contributed by atoms with E-state index in [1.807, 2.05) is 30.3 Å². The van der Waals surface area contributed by atoms with Gasteiger partial charge in [-0.25, -0.2) is 4.57 Å². The van der Waals surface area contributed by atoms with Crippen LogP contribution in [0.2, 0.25) is 0 Å². The Morgan fingerprint density at radius 1 is 1.17 bits per heavy atom. The molecule has 0 bridgehead atoms. The van der Waals surface area contributed by atoms with E-state index in [-0.39, 0.29) is 6.61 Å². The number of aryl methyl sites for hydroxylation is 1. The van der Waals surface area contributed by atoms with E-state index in [2.05, 4.69) is 10.6 Å². The van der Waals surface area contributed by atoms with E-state index in [0.29, 0.717) is 12.8 Å². The lowest BCUT2D eigenvalue weighted by molar-refractivity contribution is 0.154. The summed E-state index contributed by atoms with van der Waals surface area (Å²) in [5, 5.41) is 2.20. The third-order valence-electron chi connectivity index (χ3n) is 3.66. The molecule has 7 heteroatoms. The molecule has 1 atom stereocenters. The second-order valence-corrected chi connectivity index (χ2v) is 7.20. The SMILES string of the molecule is COc1ccc2cc(CC[C@@](C)(N)COP(=O)(O)O)ccc2c1. The third kappa shape index (κ3) is 5.61. The molecule has 0 saturated heterocycles. The summed E-state index contributed by atoms with van der Waals surface area (Å²) >= 11 is 0. The van der Waals surface area contributed by atoms with Crippen LogP contribution in [0, 0.1) is 0 Å². The van der Waals surface area contributed by atoms with E-state index in [1.54, 1.807) is 14.0 Å². The average molecular weight is 339 g/mol. The molecular weight excluding hydrogens is 317 g/mol. The Morgan fingerprint density at radius 2 is 1.83 bits per heavy atom. The van der Waals surface area contributed by atoms with Gasteiger partial charge in [0.25, 0.3) is 0 Å². The van der Waals surface area contributed by atoms with Gasteiger partial charge in [0.15, 0.2) is 0 Å². The first-order valence-electron chi connectivity index (χ1n) is 7.24. The number of benzene rings is 2. The molecule has 0 heterocycles. The summed E-state index contributed by atoms with van der Waals surface area (Å²) in [7, 11) is -2.85. The van der Waals surface area contributed by atoms with Crippen LogP contribution >= 0.6 is 7.82 Å². The van der Waals surface area contributed by atoms with Gasteiger partial charge in [-0.05, 0) is 48.2 Å². The lowest BCUT2D eigenvalue weighted by Gasteiger charge is -2.24. The molecule has 0 spiro atoms. The van der Waals surface area contributed by atoms with E-state index in [0.717, 1.165) is 22.1 Å². The largest absolute Gasteiger partial charge is 0.497 e. The van der Waals surface area contributed by atoms with Crippen LogP contribution in [0.25, 0.3) is 10.8 Å². The maximum absolute atomic E-state index is 10.8. The lowest BCUT2D eigenvalue weighted by atomic mass is 9.94. The summed E-state index contributed by atoms with van der Waals surface area (Å²) < 4.78 is 20.5. The minimum Gasteiger partial charge on any atom is -0.497 e. The van der Waals surface area contributed by atoms with Crippen molar-refractivity contribution in [2.24, 2.45) is 5.73 Å². The van der Waals surface area contributed by atoms with Crippen molar-refractivity contribution in [2.45, 2.75) is 25.3 Å². The molecule has 2 aromatic rings. The van der Waals surface area contributed by atoms with Crippen LogP contribution in [0.1, 0.15) is 18.9 Å².